The first kappa shape index (κ1) is 20.6. The summed E-state index contributed by atoms with van der Waals surface area (Å²) in [6, 6.07) is 6.73. The van der Waals surface area contributed by atoms with Crippen LogP contribution in [-0.2, 0) is 16.8 Å². The van der Waals surface area contributed by atoms with E-state index < -0.39 is 10.2 Å². The molecule has 144 valence electrons. The van der Waals surface area contributed by atoms with Crippen molar-refractivity contribution < 1.29 is 17.5 Å². The van der Waals surface area contributed by atoms with Crippen molar-refractivity contribution in [3.8, 4) is 11.8 Å². The maximum absolute atomic E-state index is 13.8. The number of hydrogen-bond donors (Lipinski definition) is 1. The molecule has 1 heterocycles. The molecule has 0 bridgehead atoms. The number of benzene rings is 1. The van der Waals surface area contributed by atoms with Gasteiger partial charge in [-0.2, -0.15) is 22.7 Å². The summed E-state index contributed by atoms with van der Waals surface area (Å²) in [5, 5.41) is 8.57. The smallest absolute Gasteiger partial charge is 0.279 e. The Kier molecular flexibility index (Phi) is 7.34. The SMILES string of the molecule is COc1ccc(CN2CCC(NS(=O)(=O)N(C)CCC#N)CC2)cc1F. The quantitative estimate of drug-likeness (QED) is 0.734. The third-order valence-corrected chi connectivity index (χ3v) is 6.11. The van der Waals surface area contributed by atoms with Crippen LogP contribution in [0.3, 0.4) is 0 Å². The van der Waals surface area contributed by atoms with E-state index in [0.29, 0.717) is 19.4 Å². The van der Waals surface area contributed by atoms with Gasteiger partial charge in [-0.1, -0.05) is 6.07 Å². The maximum atomic E-state index is 13.8. The third-order valence-electron chi connectivity index (χ3n) is 4.47. The van der Waals surface area contributed by atoms with Gasteiger partial charge < -0.3 is 4.74 Å². The van der Waals surface area contributed by atoms with E-state index >= 15 is 0 Å². The second-order valence-electron chi connectivity index (χ2n) is 6.37. The molecule has 0 aromatic heterocycles. The maximum Gasteiger partial charge on any atom is 0.279 e. The number of ether oxygens (including phenoxy) is 1. The van der Waals surface area contributed by atoms with Crippen molar-refractivity contribution in [2.45, 2.75) is 31.8 Å². The summed E-state index contributed by atoms with van der Waals surface area (Å²) in [6.45, 7) is 2.24. The summed E-state index contributed by atoms with van der Waals surface area (Å²) in [5.41, 5.74) is 0.860. The Balaban J connectivity index is 1.83. The zero-order valence-corrected chi connectivity index (χ0v) is 15.9. The van der Waals surface area contributed by atoms with Crippen LogP contribution in [0.2, 0.25) is 0 Å². The molecule has 0 unspecified atom stereocenters. The number of halogens is 1. The molecule has 1 aromatic rings. The highest BCUT2D eigenvalue weighted by molar-refractivity contribution is 7.87. The highest BCUT2D eigenvalue weighted by atomic mass is 32.2. The summed E-state index contributed by atoms with van der Waals surface area (Å²) < 4.78 is 47.0. The molecule has 0 spiro atoms. The summed E-state index contributed by atoms with van der Waals surface area (Å²) in [6.07, 6.45) is 1.53. The molecule has 2 rings (SSSR count). The van der Waals surface area contributed by atoms with Crippen LogP contribution in [0.1, 0.15) is 24.8 Å². The second kappa shape index (κ2) is 9.28. The number of piperidine rings is 1. The average Bonchev–Trinajstić information content (AvgIpc) is 2.61. The van der Waals surface area contributed by atoms with Crippen molar-refractivity contribution in [2.24, 2.45) is 0 Å². The third kappa shape index (κ3) is 5.64. The van der Waals surface area contributed by atoms with E-state index in [1.807, 2.05) is 12.1 Å². The summed E-state index contributed by atoms with van der Waals surface area (Å²) in [5.74, 6) is -0.157. The van der Waals surface area contributed by atoms with E-state index in [9.17, 15) is 12.8 Å². The van der Waals surface area contributed by atoms with Crippen molar-refractivity contribution in [2.75, 3.05) is 33.8 Å². The Morgan fingerprint density at radius 1 is 1.42 bits per heavy atom. The summed E-state index contributed by atoms with van der Waals surface area (Å²) in [4.78, 5) is 2.17. The molecule has 1 N–H and O–H groups in total. The highest BCUT2D eigenvalue weighted by Crippen LogP contribution is 2.20. The number of nitrogens with one attached hydrogen (secondary N) is 1. The van der Waals surface area contributed by atoms with Crippen LogP contribution < -0.4 is 9.46 Å². The monoisotopic (exact) mass is 384 g/mol. The zero-order valence-electron chi connectivity index (χ0n) is 15.1. The van der Waals surface area contributed by atoms with Gasteiger partial charge in [-0.25, -0.2) is 4.39 Å². The number of methoxy groups -OCH3 is 1. The van der Waals surface area contributed by atoms with Crippen LogP contribution in [-0.4, -0.2) is 57.5 Å². The predicted octanol–water partition coefficient (Wildman–Crippen LogP) is 1.48. The molecular formula is C17H25FN4O3S. The van der Waals surface area contributed by atoms with Crippen LogP contribution >= 0.6 is 0 Å². The van der Waals surface area contributed by atoms with Gasteiger partial charge in [0, 0.05) is 45.7 Å². The van der Waals surface area contributed by atoms with Crippen molar-refractivity contribution in [1.82, 2.24) is 13.9 Å². The van der Waals surface area contributed by atoms with Gasteiger partial charge in [0.25, 0.3) is 10.2 Å². The molecule has 0 saturated carbocycles. The predicted molar refractivity (Wildman–Crippen MR) is 96.2 cm³/mol. The van der Waals surface area contributed by atoms with Crippen molar-refractivity contribution in [1.29, 1.82) is 5.26 Å². The van der Waals surface area contributed by atoms with Gasteiger partial charge in [-0.3, -0.25) is 4.90 Å². The first-order valence-corrected chi connectivity index (χ1v) is 9.95. The minimum absolute atomic E-state index is 0.131. The normalized spacial score (nSPS) is 16.6. The molecule has 0 atom stereocenters. The number of nitriles is 1. The Morgan fingerprint density at radius 2 is 2.12 bits per heavy atom. The molecule has 0 aliphatic carbocycles. The highest BCUT2D eigenvalue weighted by Gasteiger charge is 2.26. The zero-order chi connectivity index (χ0) is 19.2. The lowest BCUT2D eigenvalue weighted by Crippen LogP contribution is -2.48. The minimum atomic E-state index is -3.57. The number of likely N-dealkylation sites (tertiary alicyclic amines) is 1. The van der Waals surface area contributed by atoms with E-state index in [0.717, 1.165) is 18.7 Å². The van der Waals surface area contributed by atoms with Crippen LogP contribution in [0.5, 0.6) is 5.75 Å². The Bertz CT molecular complexity index is 743. The molecular weight excluding hydrogens is 359 g/mol. The molecule has 0 radical (unpaired) electrons. The van der Waals surface area contributed by atoms with E-state index in [1.54, 1.807) is 6.07 Å². The first-order chi connectivity index (χ1) is 12.4. The molecule has 1 aliphatic heterocycles. The van der Waals surface area contributed by atoms with Gasteiger partial charge in [0.2, 0.25) is 0 Å². The van der Waals surface area contributed by atoms with Gasteiger partial charge in [0.15, 0.2) is 11.6 Å². The molecule has 9 heteroatoms. The van der Waals surface area contributed by atoms with Crippen molar-refractivity contribution >= 4 is 10.2 Å². The van der Waals surface area contributed by atoms with E-state index in [2.05, 4.69) is 9.62 Å². The fourth-order valence-corrected chi connectivity index (χ4v) is 4.07. The second-order valence-corrected chi connectivity index (χ2v) is 8.18. The van der Waals surface area contributed by atoms with Gasteiger partial charge in [0.1, 0.15) is 0 Å². The van der Waals surface area contributed by atoms with Crippen LogP contribution in [0, 0.1) is 17.1 Å². The fourth-order valence-electron chi connectivity index (χ4n) is 2.90. The number of nitrogens with zero attached hydrogens (tertiary/aromatic N) is 3. The molecule has 1 aromatic carbocycles. The van der Waals surface area contributed by atoms with Crippen molar-refractivity contribution in [3.05, 3.63) is 29.6 Å². The van der Waals surface area contributed by atoms with Crippen molar-refractivity contribution in [3.63, 3.8) is 0 Å². The summed E-state index contributed by atoms with van der Waals surface area (Å²) >= 11 is 0. The topological polar surface area (TPSA) is 85.7 Å². The lowest BCUT2D eigenvalue weighted by molar-refractivity contribution is 0.198. The first-order valence-electron chi connectivity index (χ1n) is 8.51. The molecule has 0 amide bonds. The van der Waals surface area contributed by atoms with E-state index in [1.165, 1.54) is 24.5 Å². The van der Waals surface area contributed by atoms with Crippen LogP contribution in [0.15, 0.2) is 18.2 Å². The largest absolute Gasteiger partial charge is 0.494 e. The minimum Gasteiger partial charge on any atom is -0.494 e. The lowest BCUT2D eigenvalue weighted by atomic mass is 10.1. The molecule has 1 aliphatic rings. The average molecular weight is 384 g/mol. The molecule has 1 fully saturated rings. The molecule has 7 nitrogen and oxygen atoms in total. The van der Waals surface area contributed by atoms with Gasteiger partial charge >= 0.3 is 0 Å². The van der Waals surface area contributed by atoms with Crippen LogP contribution in [0.4, 0.5) is 4.39 Å². The Labute approximate surface area is 154 Å². The standard InChI is InChI=1S/C17H25FN4O3S/c1-21(9-3-8-19)26(23,24)20-15-6-10-22(11-7-15)13-14-4-5-17(25-2)16(18)12-14/h4-5,12,15,20H,3,6-7,9-11,13H2,1-2H3. The molecule has 1 saturated heterocycles. The van der Waals surface area contributed by atoms with Crippen LogP contribution in [0.25, 0.3) is 0 Å². The number of hydrogen-bond acceptors (Lipinski definition) is 5. The van der Waals surface area contributed by atoms with E-state index in [4.69, 9.17) is 10.00 Å². The number of rotatable bonds is 8. The van der Waals surface area contributed by atoms with Gasteiger partial charge in [0.05, 0.1) is 13.2 Å². The van der Waals surface area contributed by atoms with Gasteiger partial charge in [-0.05, 0) is 30.5 Å². The Morgan fingerprint density at radius 3 is 2.69 bits per heavy atom. The fraction of sp³-hybridized carbons (Fsp3) is 0.588. The summed E-state index contributed by atoms with van der Waals surface area (Å²) in [7, 11) is -0.674. The molecule has 26 heavy (non-hydrogen) atoms. The lowest BCUT2D eigenvalue weighted by Gasteiger charge is -2.33. The van der Waals surface area contributed by atoms with E-state index in [-0.39, 0.29) is 30.6 Å². The Hall–Kier alpha value is -1.73. The van der Waals surface area contributed by atoms with Gasteiger partial charge in [-0.15, -0.1) is 0 Å².